The van der Waals surface area contributed by atoms with Crippen molar-refractivity contribution in [2.45, 2.75) is 0 Å². The third kappa shape index (κ3) is 4.04. The number of rotatable bonds is 3. The Morgan fingerprint density at radius 2 is 1.79 bits per heavy atom. The molecule has 5 N–H and O–H groups in total. The smallest absolute Gasteiger partial charge is 0.352 e. The molecule has 0 unspecified atom stereocenters. The van der Waals surface area contributed by atoms with Crippen LogP contribution < -0.4 is 10.5 Å². The van der Waals surface area contributed by atoms with E-state index in [1.165, 1.54) is 12.1 Å². The van der Waals surface area contributed by atoms with Crippen LogP contribution in [-0.4, -0.2) is 34.2 Å². The van der Waals surface area contributed by atoms with E-state index in [-0.39, 0.29) is 11.3 Å². The van der Waals surface area contributed by atoms with Crippen molar-refractivity contribution in [3.05, 3.63) is 59.8 Å². The molecule has 3 rings (SSSR count). The van der Waals surface area contributed by atoms with Gasteiger partial charge in [-0.3, -0.25) is 0 Å². The molecule has 24 heavy (non-hydrogen) atoms. The molecule has 2 aromatic carbocycles. The molecule has 0 aliphatic carbocycles. The molecular formula is C17H16N2O5. The predicted molar refractivity (Wildman–Crippen MR) is 89.6 cm³/mol. The molecule has 0 bridgehead atoms. The first-order valence-electron chi connectivity index (χ1n) is 6.89. The van der Waals surface area contributed by atoms with Crippen LogP contribution in [0.1, 0.15) is 20.8 Å². The lowest BCUT2D eigenvalue weighted by Crippen LogP contribution is -1.96. The number of aromatic nitrogens is 1. The van der Waals surface area contributed by atoms with Gasteiger partial charge in [-0.1, -0.05) is 6.07 Å². The fraction of sp³-hybridized carbons (Fsp3) is 0.0588. The molecule has 0 fully saturated rings. The molecule has 7 heteroatoms. The zero-order valence-corrected chi connectivity index (χ0v) is 12.8. The van der Waals surface area contributed by atoms with Gasteiger partial charge in [0.25, 0.3) is 0 Å². The molecule has 124 valence electrons. The molecule has 0 aliphatic rings. The topological polar surface area (TPSA) is 126 Å². The Balaban J connectivity index is 0.000000185. The molecule has 7 nitrogen and oxygen atoms in total. The van der Waals surface area contributed by atoms with Crippen LogP contribution in [-0.2, 0) is 0 Å². The molecule has 0 radical (unpaired) electrons. The van der Waals surface area contributed by atoms with Gasteiger partial charge >= 0.3 is 11.9 Å². The van der Waals surface area contributed by atoms with Crippen molar-refractivity contribution in [2.24, 2.45) is 0 Å². The summed E-state index contributed by atoms with van der Waals surface area (Å²) >= 11 is 0. The van der Waals surface area contributed by atoms with E-state index in [0.29, 0.717) is 11.4 Å². The lowest BCUT2D eigenvalue weighted by atomic mass is 10.2. The summed E-state index contributed by atoms with van der Waals surface area (Å²) in [5.41, 5.74) is 7.01. The molecule has 1 heterocycles. The fourth-order valence-electron chi connectivity index (χ4n) is 2.02. The summed E-state index contributed by atoms with van der Waals surface area (Å²) in [6.45, 7) is 0. The summed E-state index contributed by atoms with van der Waals surface area (Å²) in [6.07, 6.45) is 0. The van der Waals surface area contributed by atoms with Gasteiger partial charge in [-0.15, -0.1) is 0 Å². The Bertz CT molecular complexity index is 886. The number of ether oxygens (including phenoxy) is 1. The number of anilines is 1. The van der Waals surface area contributed by atoms with Crippen LogP contribution >= 0.6 is 0 Å². The summed E-state index contributed by atoms with van der Waals surface area (Å²) < 4.78 is 5.03. The summed E-state index contributed by atoms with van der Waals surface area (Å²) in [4.78, 5) is 23.8. The average molecular weight is 328 g/mol. The monoisotopic (exact) mass is 328 g/mol. The Labute approximate surface area is 137 Å². The van der Waals surface area contributed by atoms with Crippen LogP contribution in [0.15, 0.2) is 48.5 Å². The molecule has 3 aromatic rings. The number of H-pyrrole nitrogens is 1. The van der Waals surface area contributed by atoms with Gasteiger partial charge in [0, 0.05) is 16.6 Å². The van der Waals surface area contributed by atoms with Crippen molar-refractivity contribution >= 4 is 28.5 Å². The van der Waals surface area contributed by atoms with Gasteiger partial charge in [0.15, 0.2) is 0 Å². The summed E-state index contributed by atoms with van der Waals surface area (Å²) in [5, 5.41) is 18.0. The number of hydrogen-bond acceptors (Lipinski definition) is 4. The highest BCUT2D eigenvalue weighted by atomic mass is 16.5. The molecule has 0 saturated heterocycles. The van der Waals surface area contributed by atoms with Crippen molar-refractivity contribution in [2.75, 3.05) is 12.8 Å². The number of hydrogen-bond donors (Lipinski definition) is 4. The van der Waals surface area contributed by atoms with Gasteiger partial charge < -0.3 is 25.7 Å². The van der Waals surface area contributed by atoms with Gasteiger partial charge in [-0.2, -0.15) is 0 Å². The number of carboxylic acid groups (broad SMARTS) is 2. The van der Waals surface area contributed by atoms with Crippen molar-refractivity contribution in [3.63, 3.8) is 0 Å². The zero-order valence-electron chi connectivity index (χ0n) is 12.8. The molecule has 1 aromatic heterocycles. The van der Waals surface area contributed by atoms with E-state index in [1.54, 1.807) is 43.5 Å². The van der Waals surface area contributed by atoms with E-state index < -0.39 is 11.9 Å². The van der Waals surface area contributed by atoms with Crippen LogP contribution in [0.2, 0.25) is 0 Å². The van der Waals surface area contributed by atoms with E-state index in [9.17, 15) is 9.59 Å². The highest BCUT2D eigenvalue weighted by Crippen LogP contribution is 2.21. The normalized spacial score (nSPS) is 9.88. The van der Waals surface area contributed by atoms with Crippen LogP contribution in [0.5, 0.6) is 5.75 Å². The Morgan fingerprint density at radius 1 is 1.04 bits per heavy atom. The van der Waals surface area contributed by atoms with Gasteiger partial charge in [0.2, 0.25) is 0 Å². The van der Waals surface area contributed by atoms with Crippen molar-refractivity contribution in [1.82, 2.24) is 4.98 Å². The first-order valence-corrected chi connectivity index (χ1v) is 6.89. The number of nitrogens with one attached hydrogen (secondary N) is 1. The number of aromatic carboxylic acids is 2. The van der Waals surface area contributed by atoms with E-state index >= 15 is 0 Å². The molecule has 0 spiro atoms. The van der Waals surface area contributed by atoms with Crippen LogP contribution in [0.25, 0.3) is 10.9 Å². The van der Waals surface area contributed by atoms with Crippen LogP contribution in [0.4, 0.5) is 5.69 Å². The van der Waals surface area contributed by atoms with Crippen LogP contribution in [0, 0.1) is 0 Å². The molecular weight excluding hydrogens is 312 g/mol. The Kier molecular flexibility index (Phi) is 5.06. The summed E-state index contributed by atoms with van der Waals surface area (Å²) in [7, 11) is 1.58. The minimum Gasteiger partial charge on any atom is -0.497 e. The minimum atomic E-state index is -0.958. The fourth-order valence-corrected chi connectivity index (χ4v) is 2.02. The number of carboxylic acids is 2. The van der Waals surface area contributed by atoms with Crippen molar-refractivity contribution in [3.8, 4) is 5.75 Å². The third-order valence-electron chi connectivity index (χ3n) is 3.19. The number of benzene rings is 2. The minimum absolute atomic E-state index is 0.188. The number of methoxy groups -OCH3 is 1. The molecule has 0 amide bonds. The largest absolute Gasteiger partial charge is 0.497 e. The third-order valence-corrected chi connectivity index (χ3v) is 3.19. The van der Waals surface area contributed by atoms with Gasteiger partial charge in [-0.05, 0) is 42.5 Å². The first-order chi connectivity index (χ1) is 11.4. The first kappa shape index (κ1) is 16.9. The second-order valence-electron chi connectivity index (χ2n) is 4.87. The van der Waals surface area contributed by atoms with Crippen molar-refractivity contribution < 1.29 is 24.5 Å². The second kappa shape index (κ2) is 7.19. The van der Waals surface area contributed by atoms with E-state index in [0.717, 1.165) is 10.9 Å². The standard InChI is InChI=1S/C10H9NO3.C7H7NO2/c1-14-7-2-3-8-6(4-7)5-9(11-8)10(12)13;8-6-3-1-2-5(4-6)7(9)10/h2-5,11H,1H3,(H,12,13);1-4H,8H2,(H,9,10). The number of fused-ring (bicyclic) bond motifs is 1. The summed E-state index contributed by atoms with van der Waals surface area (Å²) in [6, 6.07) is 13.1. The van der Waals surface area contributed by atoms with Crippen molar-refractivity contribution in [1.29, 1.82) is 0 Å². The van der Waals surface area contributed by atoms with E-state index in [1.807, 2.05) is 0 Å². The maximum Gasteiger partial charge on any atom is 0.352 e. The highest BCUT2D eigenvalue weighted by Gasteiger charge is 2.07. The lowest BCUT2D eigenvalue weighted by molar-refractivity contribution is 0.0683. The quantitative estimate of drug-likeness (QED) is 0.548. The molecule has 0 atom stereocenters. The Morgan fingerprint density at radius 3 is 2.33 bits per heavy atom. The second-order valence-corrected chi connectivity index (χ2v) is 4.87. The number of aromatic amines is 1. The van der Waals surface area contributed by atoms with Gasteiger partial charge in [0.05, 0.1) is 12.7 Å². The van der Waals surface area contributed by atoms with Crippen LogP contribution in [0.3, 0.4) is 0 Å². The number of nitrogen functional groups attached to an aromatic ring is 1. The maximum atomic E-state index is 10.7. The highest BCUT2D eigenvalue weighted by molar-refractivity contribution is 5.94. The molecule has 0 aliphatic heterocycles. The predicted octanol–water partition coefficient (Wildman–Crippen LogP) is 2.84. The van der Waals surface area contributed by atoms with E-state index in [2.05, 4.69) is 4.98 Å². The van der Waals surface area contributed by atoms with E-state index in [4.69, 9.17) is 20.7 Å². The summed E-state index contributed by atoms with van der Waals surface area (Å²) in [5.74, 6) is -1.19. The molecule has 0 saturated carbocycles. The van der Waals surface area contributed by atoms with Gasteiger partial charge in [0.1, 0.15) is 11.4 Å². The number of carbonyl (C=O) groups is 2. The van der Waals surface area contributed by atoms with Gasteiger partial charge in [-0.25, -0.2) is 9.59 Å². The Hall–Kier alpha value is -3.48. The number of nitrogens with two attached hydrogens (primary N) is 1. The lowest BCUT2D eigenvalue weighted by Gasteiger charge is -1.97. The maximum absolute atomic E-state index is 10.7. The zero-order chi connectivity index (χ0) is 17.7. The average Bonchev–Trinajstić information content (AvgIpc) is 2.98. The SMILES string of the molecule is COc1ccc2[nH]c(C(=O)O)cc2c1.Nc1cccc(C(=O)O)c1.